The fourth-order valence-electron chi connectivity index (χ4n) is 0.648. The molecule has 2 nitrogen and oxygen atoms in total. The van der Waals surface area contributed by atoms with Crippen molar-refractivity contribution in [3.8, 4) is 0 Å². The maximum absolute atomic E-state index is 11.6. The summed E-state index contributed by atoms with van der Waals surface area (Å²) < 4.78 is 27.8. The van der Waals surface area contributed by atoms with E-state index in [-0.39, 0.29) is 35.0 Å². The van der Waals surface area contributed by atoms with Gasteiger partial charge < -0.3 is 10.2 Å². The maximum atomic E-state index is 11.6. The molecule has 1 heterocycles. The number of alkyl halides is 2. The molecule has 10 heavy (non-hydrogen) atoms. The van der Waals surface area contributed by atoms with Crippen LogP contribution in [0.3, 0.4) is 0 Å². The Hall–Kier alpha value is 0.780. The van der Waals surface area contributed by atoms with Crippen molar-refractivity contribution in [2.45, 2.75) is 32.0 Å². The summed E-state index contributed by atoms with van der Waals surface area (Å²) in [5, 5.41) is 0. The molecule has 0 radical (unpaired) electrons. The van der Waals surface area contributed by atoms with Gasteiger partial charge in [-0.1, -0.05) is 0 Å². The van der Waals surface area contributed by atoms with E-state index in [1.165, 1.54) is 0 Å². The number of ether oxygens (including phenoxy) is 1. The molecule has 1 atom stereocenters. The zero-order chi connectivity index (χ0) is 6.36. The molecule has 1 unspecified atom stereocenters. The monoisotopic (exact) mass is 162 g/mol. The van der Waals surface area contributed by atoms with Gasteiger partial charge in [-0.15, -0.1) is 0 Å². The topological polar surface area (TPSA) is 42.5 Å². The molecule has 0 saturated carbocycles. The minimum absolute atomic E-state index is 0. The summed E-state index contributed by atoms with van der Waals surface area (Å²) >= 11 is 0. The Morgan fingerprint density at radius 2 is 1.70 bits per heavy atom. The number of rotatable bonds is 1. The Morgan fingerprint density at radius 1 is 1.40 bits per heavy atom. The SMILES string of the molecule is CC1(C)OC1C(F)F.[Na+].[OH-]. The van der Waals surface area contributed by atoms with Gasteiger partial charge in [0, 0.05) is 0 Å². The van der Waals surface area contributed by atoms with E-state index < -0.39 is 18.1 Å². The van der Waals surface area contributed by atoms with E-state index in [2.05, 4.69) is 4.74 Å². The largest absolute Gasteiger partial charge is 1.00 e. The summed E-state index contributed by atoms with van der Waals surface area (Å²) in [5.41, 5.74) is -0.561. The molecular formula is C5H9F2NaO2. The maximum Gasteiger partial charge on any atom is 1.00 e. The van der Waals surface area contributed by atoms with Crippen LogP contribution in [0.2, 0.25) is 0 Å². The van der Waals surface area contributed by atoms with Crippen LogP contribution >= 0.6 is 0 Å². The molecule has 1 fully saturated rings. The number of hydrogen-bond acceptors (Lipinski definition) is 2. The van der Waals surface area contributed by atoms with E-state index in [1.54, 1.807) is 13.8 Å². The Balaban J connectivity index is 0. The quantitative estimate of drug-likeness (QED) is 0.339. The first-order chi connectivity index (χ1) is 3.54. The van der Waals surface area contributed by atoms with Gasteiger partial charge in [0.15, 0.2) is 0 Å². The van der Waals surface area contributed by atoms with E-state index in [1.807, 2.05) is 0 Å². The molecular weight excluding hydrogens is 153 g/mol. The van der Waals surface area contributed by atoms with Gasteiger partial charge in [-0.3, -0.25) is 0 Å². The van der Waals surface area contributed by atoms with Crippen molar-refractivity contribution in [1.82, 2.24) is 0 Å². The second kappa shape index (κ2) is 3.97. The average molecular weight is 162 g/mol. The molecule has 1 N–H and O–H groups in total. The summed E-state index contributed by atoms with van der Waals surface area (Å²) in [5.74, 6) is 0. The molecule has 1 saturated heterocycles. The molecule has 1 aliphatic heterocycles. The molecule has 56 valence electrons. The van der Waals surface area contributed by atoms with Crippen LogP contribution in [-0.4, -0.2) is 23.6 Å². The van der Waals surface area contributed by atoms with Crippen LogP contribution in [0.1, 0.15) is 13.8 Å². The minimum Gasteiger partial charge on any atom is -0.870 e. The van der Waals surface area contributed by atoms with E-state index in [0.717, 1.165) is 0 Å². The van der Waals surface area contributed by atoms with E-state index >= 15 is 0 Å². The zero-order valence-corrected chi connectivity index (χ0v) is 8.27. The molecule has 5 heteroatoms. The van der Waals surface area contributed by atoms with E-state index in [4.69, 9.17) is 0 Å². The first-order valence-electron chi connectivity index (χ1n) is 2.50. The van der Waals surface area contributed by atoms with Gasteiger partial charge in [-0.25, -0.2) is 8.78 Å². The molecule has 1 rings (SSSR count). The second-order valence-corrected chi connectivity index (χ2v) is 2.48. The van der Waals surface area contributed by atoms with Gasteiger partial charge in [-0.05, 0) is 13.8 Å². The van der Waals surface area contributed by atoms with Gasteiger partial charge in [0.05, 0.1) is 5.60 Å². The first-order valence-corrected chi connectivity index (χ1v) is 2.50. The Kier molecular flexibility index (Phi) is 5.31. The second-order valence-electron chi connectivity index (χ2n) is 2.48. The van der Waals surface area contributed by atoms with Gasteiger partial charge in [0.2, 0.25) is 0 Å². The zero-order valence-electron chi connectivity index (χ0n) is 6.27. The summed E-state index contributed by atoms with van der Waals surface area (Å²) in [6.07, 6.45) is -3.13. The third-order valence-corrected chi connectivity index (χ3v) is 1.29. The first kappa shape index (κ1) is 13.4. The van der Waals surface area contributed by atoms with Crippen molar-refractivity contribution in [2.75, 3.05) is 0 Å². The van der Waals surface area contributed by atoms with Crippen molar-refractivity contribution in [2.24, 2.45) is 0 Å². The molecule has 0 aliphatic carbocycles. The predicted octanol–water partition coefficient (Wildman–Crippen LogP) is -1.74. The summed E-state index contributed by atoms with van der Waals surface area (Å²) in [6.45, 7) is 3.31. The van der Waals surface area contributed by atoms with Crippen LogP contribution in [0.5, 0.6) is 0 Å². The minimum atomic E-state index is -2.31. The Morgan fingerprint density at radius 3 is 1.70 bits per heavy atom. The van der Waals surface area contributed by atoms with Crippen LogP contribution in [0.15, 0.2) is 0 Å². The normalized spacial score (nSPS) is 26.7. The van der Waals surface area contributed by atoms with Crippen LogP contribution in [0, 0.1) is 0 Å². The fraction of sp³-hybridized carbons (Fsp3) is 1.00. The number of hydrogen-bond donors (Lipinski definition) is 0. The number of halogens is 2. The van der Waals surface area contributed by atoms with Crippen molar-refractivity contribution in [1.29, 1.82) is 0 Å². The molecule has 0 bridgehead atoms. The van der Waals surface area contributed by atoms with Crippen LogP contribution in [-0.2, 0) is 4.74 Å². The van der Waals surface area contributed by atoms with Gasteiger partial charge in [-0.2, -0.15) is 0 Å². The smallest absolute Gasteiger partial charge is 0.870 e. The number of epoxide rings is 1. The van der Waals surface area contributed by atoms with Crippen molar-refractivity contribution in [3.05, 3.63) is 0 Å². The van der Waals surface area contributed by atoms with E-state index in [0.29, 0.717) is 0 Å². The van der Waals surface area contributed by atoms with Crippen molar-refractivity contribution in [3.63, 3.8) is 0 Å². The average Bonchev–Trinajstić information content (AvgIpc) is 2.13. The molecule has 0 amide bonds. The van der Waals surface area contributed by atoms with Crippen LogP contribution in [0.25, 0.3) is 0 Å². The Labute approximate surface area is 80.5 Å². The molecule has 0 spiro atoms. The van der Waals surface area contributed by atoms with Crippen molar-refractivity contribution < 1.29 is 48.6 Å². The van der Waals surface area contributed by atoms with Crippen molar-refractivity contribution >= 4 is 0 Å². The predicted molar refractivity (Wildman–Crippen MR) is 26.9 cm³/mol. The van der Waals surface area contributed by atoms with Crippen LogP contribution in [0.4, 0.5) is 8.78 Å². The Bertz CT molecular complexity index is 108. The molecule has 1 aliphatic rings. The van der Waals surface area contributed by atoms with Crippen LogP contribution < -0.4 is 29.6 Å². The molecule has 0 aromatic heterocycles. The standard InChI is InChI=1S/C5H8F2O.Na.H2O/c1-5(2)3(8-5)4(6)7;;/h3-4H,1-2H3;;1H2/q;+1;/p-1. The third kappa shape index (κ3) is 2.80. The van der Waals surface area contributed by atoms with E-state index in [9.17, 15) is 8.78 Å². The fourth-order valence-corrected chi connectivity index (χ4v) is 0.648. The third-order valence-electron chi connectivity index (χ3n) is 1.29. The van der Waals surface area contributed by atoms with Gasteiger partial charge in [0.1, 0.15) is 6.10 Å². The molecule has 0 aromatic rings. The molecule has 0 aromatic carbocycles. The van der Waals surface area contributed by atoms with Gasteiger partial charge >= 0.3 is 29.6 Å². The summed E-state index contributed by atoms with van der Waals surface area (Å²) in [6, 6.07) is 0. The summed E-state index contributed by atoms with van der Waals surface area (Å²) in [4.78, 5) is 0. The van der Waals surface area contributed by atoms with Gasteiger partial charge in [0.25, 0.3) is 6.43 Å². The summed E-state index contributed by atoms with van der Waals surface area (Å²) in [7, 11) is 0.